The zero-order valence-corrected chi connectivity index (χ0v) is 21.4. The van der Waals surface area contributed by atoms with E-state index in [0.29, 0.717) is 31.9 Å². The van der Waals surface area contributed by atoms with E-state index < -0.39 is 16.1 Å². The Morgan fingerprint density at radius 2 is 1.81 bits per heavy atom. The maximum absolute atomic E-state index is 13.0. The van der Waals surface area contributed by atoms with Gasteiger partial charge in [-0.1, -0.05) is 6.07 Å². The summed E-state index contributed by atoms with van der Waals surface area (Å²) >= 11 is 0. The Bertz CT molecular complexity index is 1280. The monoisotopic (exact) mass is 512 g/mol. The summed E-state index contributed by atoms with van der Waals surface area (Å²) in [5, 5.41) is 0. The Balaban J connectivity index is 0.00000380. The van der Waals surface area contributed by atoms with Crippen LogP contribution in [0, 0.1) is 0 Å². The predicted octanol–water partition coefficient (Wildman–Crippen LogP) is 2.71. The molecule has 1 fully saturated rings. The molecule has 1 unspecified atom stereocenters. The SMILES string of the molecule is CC(Oc1cccc(N(C)C)c1)C(=O)N1CCN(c2ccc(S(=O)(=O)Nc3ccncn3)cc2)CC1.[HH]. The van der Waals surface area contributed by atoms with E-state index in [-0.39, 0.29) is 18.0 Å². The lowest BCUT2D eigenvalue weighted by atomic mass is 10.2. The fraction of sp³-hybridized carbons (Fsp3) is 0.320. The molecule has 3 aromatic rings. The summed E-state index contributed by atoms with van der Waals surface area (Å²) in [6, 6.07) is 15.8. The molecule has 11 heteroatoms. The lowest BCUT2D eigenvalue weighted by molar-refractivity contribution is -0.138. The Kier molecular flexibility index (Phi) is 7.58. The average molecular weight is 513 g/mol. The van der Waals surface area contributed by atoms with Crippen LogP contribution in [0.4, 0.5) is 17.2 Å². The highest BCUT2D eigenvalue weighted by atomic mass is 32.2. The van der Waals surface area contributed by atoms with Crippen LogP contribution in [0.15, 0.2) is 72.0 Å². The van der Waals surface area contributed by atoms with Crippen molar-refractivity contribution in [3.05, 3.63) is 67.1 Å². The van der Waals surface area contributed by atoms with Crippen molar-refractivity contribution in [2.75, 3.05) is 54.8 Å². The highest BCUT2D eigenvalue weighted by Crippen LogP contribution is 2.23. The van der Waals surface area contributed by atoms with E-state index in [1.54, 1.807) is 36.1 Å². The molecule has 2 heterocycles. The van der Waals surface area contributed by atoms with E-state index >= 15 is 0 Å². The first kappa shape index (κ1) is 25.2. The number of carbonyl (C=O) groups is 1. The van der Waals surface area contributed by atoms with Crippen LogP contribution in [0.5, 0.6) is 5.75 Å². The first-order chi connectivity index (χ1) is 17.2. The number of amides is 1. The van der Waals surface area contributed by atoms with Gasteiger partial charge in [-0.2, -0.15) is 0 Å². The maximum Gasteiger partial charge on any atom is 0.263 e. The third-order valence-corrected chi connectivity index (χ3v) is 7.29. The Labute approximate surface area is 213 Å². The van der Waals surface area contributed by atoms with Crippen LogP contribution in [0.1, 0.15) is 8.35 Å². The summed E-state index contributed by atoms with van der Waals surface area (Å²) in [7, 11) is 0.158. The lowest BCUT2D eigenvalue weighted by Gasteiger charge is -2.37. The summed E-state index contributed by atoms with van der Waals surface area (Å²) in [4.78, 5) is 26.7. The highest BCUT2D eigenvalue weighted by molar-refractivity contribution is 7.92. The van der Waals surface area contributed by atoms with Gasteiger partial charge in [0.05, 0.1) is 4.90 Å². The van der Waals surface area contributed by atoms with Gasteiger partial charge in [-0.3, -0.25) is 9.52 Å². The van der Waals surface area contributed by atoms with Crippen molar-refractivity contribution in [1.29, 1.82) is 0 Å². The number of nitrogens with one attached hydrogen (secondary N) is 1. The molecule has 1 saturated heterocycles. The summed E-state index contributed by atoms with van der Waals surface area (Å²) in [6.07, 6.45) is 2.15. The van der Waals surface area contributed by atoms with Crippen molar-refractivity contribution in [3.63, 3.8) is 0 Å². The zero-order valence-electron chi connectivity index (χ0n) is 20.5. The minimum absolute atomic E-state index is 0. The van der Waals surface area contributed by atoms with Crippen LogP contribution in [0.25, 0.3) is 0 Å². The Morgan fingerprint density at radius 1 is 1.08 bits per heavy atom. The number of anilines is 3. The smallest absolute Gasteiger partial charge is 0.263 e. The van der Waals surface area contributed by atoms with Gasteiger partial charge in [-0.15, -0.1) is 0 Å². The van der Waals surface area contributed by atoms with Gasteiger partial charge in [0.25, 0.3) is 15.9 Å². The molecule has 0 radical (unpaired) electrons. The van der Waals surface area contributed by atoms with Gasteiger partial charge >= 0.3 is 0 Å². The lowest BCUT2D eigenvalue weighted by Crippen LogP contribution is -2.52. The van der Waals surface area contributed by atoms with E-state index in [2.05, 4.69) is 19.6 Å². The summed E-state index contributed by atoms with van der Waals surface area (Å²) in [5.74, 6) is 0.811. The first-order valence-electron chi connectivity index (χ1n) is 11.6. The van der Waals surface area contributed by atoms with E-state index in [4.69, 9.17) is 4.74 Å². The van der Waals surface area contributed by atoms with Crippen molar-refractivity contribution < 1.29 is 19.4 Å². The van der Waals surface area contributed by atoms with Gasteiger partial charge < -0.3 is 19.4 Å². The van der Waals surface area contributed by atoms with Gasteiger partial charge in [-0.25, -0.2) is 18.4 Å². The second kappa shape index (κ2) is 10.8. The van der Waals surface area contributed by atoms with Crippen molar-refractivity contribution in [1.82, 2.24) is 14.9 Å². The molecule has 1 amide bonds. The van der Waals surface area contributed by atoms with Crippen LogP contribution in [0.2, 0.25) is 0 Å². The number of hydrogen-bond acceptors (Lipinski definition) is 8. The molecule has 2 aromatic carbocycles. The standard InChI is InChI=1S/C25H30N6O4S.H2/c1-19(35-22-6-4-5-21(17-22)29(2)3)25(32)31-15-13-30(14-16-31)20-7-9-23(10-8-20)36(33,34)28-24-11-12-26-18-27-24;/h4-12,17-19H,13-16H2,1-3H3,(H,26,27,28);1H. The van der Waals surface area contributed by atoms with Crippen LogP contribution in [-0.4, -0.2) is 75.6 Å². The number of nitrogens with zero attached hydrogens (tertiary/aromatic N) is 5. The number of piperazine rings is 1. The van der Waals surface area contributed by atoms with Gasteiger partial charge in [0.1, 0.15) is 17.9 Å². The number of sulfonamides is 1. The number of benzene rings is 2. The van der Waals surface area contributed by atoms with Gasteiger partial charge in [0.15, 0.2) is 6.10 Å². The molecule has 192 valence electrons. The molecule has 1 aliphatic heterocycles. The molecule has 1 atom stereocenters. The topological polar surface area (TPSA) is 108 Å². The molecular formula is C25H32N6O4S. The molecule has 0 aliphatic carbocycles. The molecule has 1 N–H and O–H groups in total. The third kappa shape index (κ3) is 6.03. The highest BCUT2D eigenvalue weighted by Gasteiger charge is 2.26. The van der Waals surface area contributed by atoms with Gasteiger partial charge in [-0.05, 0) is 49.4 Å². The fourth-order valence-electron chi connectivity index (χ4n) is 3.92. The van der Waals surface area contributed by atoms with Crippen molar-refractivity contribution >= 4 is 33.1 Å². The normalized spacial score (nSPS) is 14.8. The van der Waals surface area contributed by atoms with Gasteiger partial charge in [0, 0.05) is 65.3 Å². The Morgan fingerprint density at radius 3 is 2.44 bits per heavy atom. The molecule has 10 nitrogen and oxygen atoms in total. The first-order valence-corrected chi connectivity index (χ1v) is 13.1. The zero-order chi connectivity index (χ0) is 25.7. The average Bonchev–Trinajstić information content (AvgIpc) is 2.89. The molecule has 1 aliphatic rings. The van der Waals surface area contributed by atoms with Crippen LogP contribution >= 0.6 is 0 Å². The van der Waals surface area contributed by atoms with Crippen LogP contribution < -0.4 is 19.3 Å². The van der Waals surface area contributed by atoms with Crippen LogP contribution in [-0.2, 0) is 14.8 Å². The summed E-state index contributed by atoms with van der Waals surface area (Å²) in [5.41, 5.74) is 1.90. The largest absolute Gasteiger partial charge is 0.481 e. The maximum atomic E-state index is 13.0. The molecule has 0 spiro atoms. The molecular weight excluding hydrogens is 480 g/mol. The van der Waals surface area contributed by atoms with Crippen LogP contribution in [0.3, 0.4) is 0 Å². The van der Waals surface area contributed by atoms with Crippen molar-refractivity contribution in [2.45, 2.75) is 17.9 Å². The molecule has 4 rings (SSSR count). The molecule has 0 bridgehead atoms. The summed E-state index contributed by atoms with van der Waals surface area (Å²) in [6.45, 7) is 4.16. The number of hydrogen-bond donors (Lipinski definition) is 1. The van der Waals surface area contributed by atoms with E-state index in [9.17, 15) is 13.2 Å². The molecule has 36 heavy (non-hydrogen) atoms. The predicted molar refractivity (Wildman–Crippen MR) is 141 cm³/mol. The Hall–Kier alpha value is -3.86. The number of carbonyl (C=O) groups excluding carboxylic acids is 1. The second-order valence-corrected chi connectivity index (χ2v) is 10.3. The molecule has 0 saturated carbocycles. The van der Waals surface area contributed by atoms with Gasteiger partial charge in [0.2, 0.25) is 0 Å². The third-order valence-electron chi connectivity index (χ3n) is 5.92. The minimum atomic E-state index is -3.75. The van der Waals surface area contributed by atoms with E-state index in [1.165, 1.54) is 18.6 Å². The number of ether oxygens (including phenoxy) is 1. The van der Waals surface area contributed by atoms with Crippen molar-refractivity contribution in [3.8, 4) is 5.75 Å². The molecule has 1 aromatic heterocycles. The van der Waals surface area contributed by atoms with E-state index in [1.807, 2.05) is 43.3 Å². The number of aromatic nitrogens is 2. The van der Waals surface area contributed by atoms with E-state index in [0.717, 1.165) is 11.4 Å². The quantitative estimate of drug-likeness (QED) is 0.491. The fourth-order valence-corrected chi connectivity index (χ4v) is 4.92. The second-order valence-electron chi connectivity index (χ2n) is 8.66. The summed E-state index contributed by atoms with van der Waals surface area (Å²) < 4.78 is 33.6. The number of rotatable bonds is 8. The minimum Gasteiger partial charge on any atom is -0.481 e. The van der Waals surface area contributed by atoms with Crippen molar-refractivity contribution in [2.24, 2.45) is 0 Å².